The molecule has 4 N–H and O–H groups in total. The number of benzene rings is 4. The van der Waals surface area contributed by atoms with E-state index in [4.69, 9.17) is 27.3 Å². The summed E-state index contributed by atoms with van der Waals surface area (Å²) in [6, 6.07) is 18.8. The first-order valence-electron chi connectivity index (χ1n) is 24.3. The summed E-state index contributed by atoms with van der Waals surface area (Å²) in [6.07, 6.45) is -7.08. The highest BCUT2D eigenvalue weighted by Gasteiger charge is 2.67. The first-order valence-corrected chi connectivity index (χ1v) is 27.0. The van der Waals surface area contributed by atoms with Crippen molar-refractivity contribution in [3.63, 3.8) is 0 Å². The summed E-state index contributed by atoms with van der Waals surface area (Å²) < 4.78 is 104. The second-order valence-electron chi connectivity index (χ2n) is 21.1. The number of aliphatic hydroxyl groups is 1. The van der Waals surface area contributed by atoms with E-state index in [2.05, 4.69) is 55.1 Å². The number of carbonyl (C=O) groups excluding carboxylic acids is 2. The van der Waals surface area contributed by atoms with Crippen molar-refractivity contribution in [2.75, 3.05) is 6.61 Å². The number of carboxylic acids is 1. The van der Waals surface area contributed by atoms with Gasteiger partial charge in [0.1, 0.15) is 18.8 Å². The van der Waals surface area contributed by atoms with Crippen LogP contribution in [0, 0.1) is 40.4 Å². The van der Waals surface area contributed by atoms with Crippen LogP contribution in [0.1, 0.15) is 97.0 Å². The highest BCUT2D eigenvalue weighted by molar-refractivity contribution is 7.81. The van der Waals surface area contributed by atoms with Crippen molar-refractivity contribution < 1.29 is 77.9 Å². The van der Waals surface area contributed by atoms with Gasteiger partial charge < -0.3 is 29.2 Å². The minimum atomic E-state index is -5.53. The molecule has 5 aliphatic rings. The normalized spacial score (nSPS) is 33.4. The number of fused-ring (bicyclic) bond motifs is 3. The molecule has 19 heteroatoms. The maximum absolute atomic E-state index is 13.4. The number of unbranched alkanes of at least 4 members (excludes halogenated alkanes) is 1. The molecule has 1 saturated heterocycles. The van der Waals surface area contributed by atoms with Gasteiger partial charge in [0.15, 0.2) is 18.5 Å². The minimum absolute atomic E-state index is 0.0528. The van der Waals surface area contributed by atoms with E-state index in [-0.39, 0.29) is 49.4 Å². The van der Waals surface area contributed by atoms with Crippen LogP contribution in [0.5, 0.6) is 0 Å². The van der Waals surface area contributed by atoms with Gasteiger partial charge in [-0.05, 0) is 137 Å². The standard InChI is InChI=1S/C51H62O17S2/c1-27(2)22-41(53)66-46-45(68-70(60,61)62)44(67-69(57,58)59)38(26-63-40(52)11-6-5-8-29-12-13-32-15-14-30-9-7-10-31-16-18-35(29)43(32)42(30)31)65-49(46)64-34-23-36(48(55)56)37-20-21-51-24-33(28(3)47(51)54)17-19-39(51)50(37,4)25-34/h7,9-10,12-16,18,27,33-34,36-39,44-47,49,54H,3,5-6,8,11,17,19-26H2,1-2,4H3,(H,55,56)(H,57,58,59)(H,60,61,62)/t33-,34-,36-,37-,38-,39+,44-,45+,46-,47-,49-,50-,51-/m1/s1. The van der Waals surface area contributed by atoms with Gasteiger partial charge in [-0.25, -0.2) is 8.37 Å². The number of carbonyl (C=O) groups is 3. The molecular weight excluding hydrogens is 949 g/mol. The van der Waals surface area contributed by atoms with Gasteiger partial charge in [-0.1, -0.05) is 81.9 Å². The minimum Gasteiger partial charge on any atom is -0.481 e. The lowest BCUT2D eigenvalue weighted by Gasteiger charge is -2.62. The largest absolute Gasteiger partial charge is 0.481 e. The first kappa shape index (κ1) is 50.6. The first-order chi connectivity index (χ1) is 33.0. The van der Waals surface area contributed by atoms with Crippen molar-refractivity contribution in [1.29, 1.82) is 0 Å². The molecule has 4 aromatic rings. The number of aryl methyl sites for hydroxylation is 1. The number of carboxylic acid groups (broad SMARTS) is 1. The summed E-state index contributed by atoms with van der Waals surface area (Å²) in [5.41, 5.74) is 0.673. The van der Waals surface area contributed by atoms with Crippen LogP contribution in [0.2, 0.25) is 0 Å². The van der Waals surface area contributed by atoms with E-state index in [1.807, 2.05) is 13.0 Å². The fraction of sp³-hybridized carbons (Fsp3) is 0.588. The van der Waals surface area contributed by atoms with Gasteiger partial charge in [-0.15, -0.1) is 0 Å². The zero-order valence-corrected chi connectivity index (χ0v) is 41.1. The topological polar surface area (TPSA) is 256 Å². The Bertz CT molecular complexity index is 2870. The molecule has 4 aromatic carbocycles. The number of aliphatic carboxylic acids is 1. The zero-order chi connectivity index (χ0) is 50.1. The Morgan fingerprint density at radius 2 is 1.51 bits per heavy atom. The Labute approximate surface area is 407 Å². The van der Waals surface area contributed by atoms with E-state index in [0.717, 1.165) is 45.5 Å². The van der Waals surface area contributed by atoms with Crippen molar-refractivity contribution in [2.24, 2.45) is 40.4 Å². The van der Waals surface area contributed by atoms with E-state index in [9.17, 15) is 50.5 Å². The van der Waals surface area contributed by atoms with Crippen LogP contribution in [0.4, 0.5) is 0 Å². The van der Waals surface area contributed by atoms with Crippen LogP contribution in [0.15, 0.2) is 66.7 Å². The van der Waals surface area contributed by atoms with E-state index in [0.29, 0.717) is 38.5 Å². The molecule has 1 aliphatic heterocycles. The molecule has 1 spiro atoms. The van der Waals surface area contributed by atoms with Crippen molar-refractivity contribution in [3.8, 4) is 0 Å². The molecule has 4 aliphatic carbocycles. The summed E-state index contributed by atoms with van der Waals surface area (Å²) in [6.45, 7) is 8.82. The second kappa shape index (κ2) is 19.3. The zero-order valence-electron chi connectivity index (χ0n) is 39.4. The molecule has 13 atom stereocenters. The monoisotopic (exact) mass is 1010 g/mol. The maximum Gasteiger partial charge on any atom is 0.397 e. The van der Waals surface area contributed by atoms with Gasteiger partial charge >= 0.3 is 38.7 Å². The van der Waals surface area contributed by atoms with Crippen molar-refractivity contribution in [1.82, 2.24) is 0 Å². The third kappa shape index (κ3) is 9.82. The molecule has 5 fully saturated rings. The number of hydrogen-bond donors (Lipinski definition) is 4. The third-order valence-corrected chi connectivity index (χ3v) is 17.4. The Kier molecular flexibility index (Phi) is 13.9. The molecule has 0 radical (unpaired) electrons. The summed E-state index contributed by atoms with van der Waals surface area (Å²) >= 11 is 0. The summed E-state index contributed by atoms with van der Waals surface area (Å²) in [5, 5.41) is 29.3. The maximum atomic E-state index is 13.4. The van der Waals surface area contributed by atoms with Crippen LogP contribution < -0.4 is 0 Å². The Hall–Kier alpha value is -4.31. The Morgan fingerprint density at radius 3 is 2.20 bits per heavy atom. The van der Waals surface area contributed by atoms with Gasteiger partial charge in [0.05, 0.1) is 18.1 Å². The van der Waals surface area contributed by atoms with Crippen LogP contribution in [0.3, 0.4) is 0 Å². The smallest absolute Gasteiger partial charge is 0.397 e. The van der Waals surface area contributed by atoms with Gasteiger partial charge in [0.2, 0.25) is 0 Å². The highest BCUT2D eigenvalue weighted by atomic mass is 32.3. The molecule has 4 saturated carbocycles. The van der Waals surface area contributed by atoms with Crippen LogP contribution >= 0.6 is 0 Å². The lowest BCUT2D eigenvalue weighted by atomic mass is 9.43. The lowest BCUT2D eigenvalue weighted by Crippen LogP contribution is -2.64. The van der Waals surface area contributed by atoms with E-state index >= 15 is 0 Å². The fourth-order valence-corrected chi connectivity index (χ4v) is 14.7. The quantitative estimate of drug-likeness (QED) is 0.0199. The van der Waals surface area contributed by atoms with Gasteiger partial charge in [-0.2, -0.15) is 16.8 Å². The average Bonchev–Trinajstić information content (AvgIpc) is 3.45. The summed E-state index contributed by atoms with van der Waals surface area (Å²) in [4.78, 5) is 39.9. The molecule has 0 amide bonds. The van der Waals surface area contributed by atoms with Crippen LogP contribution in [0.25, 0.3) is 32.3 Å². The highest BCUT2D eigenvalue weighted by Crippen LogP contribution is 2.70. The molecule has 9 rings (SSSR count). The SMILES string of the molecule is C=C1[C@@H]2CC[C@H]3[C@]4(C)C[C@H](O[C@@H]5O[C@H](COC(=O)CCCCc6ccc7ccc8cccc9ccc6c7c89)[C@@H](OS(=O)(=O)O)[C@H](OS(=O)(=O)O)[C@H]5OC(=O)CC(C)C)C[C@@H](C(=O)O)[C@H]4CC[C@]3(C2)[C@@H]1O. The van der Waals surface area contributed by atoms with Crippen molar-refractivity contribution in [3.05, 3.63) is 72.3 Å². The van der Waals surface area contributed by atoms with E-state index in [1.54, 1.807) is 13.8 Å². The van der Waals surface area contributed by atoms with Crippen molar-refractivity contribution >= 4 is 71.0 Å². The molecular formula is C51H62O17S2. The van der Waals surface area contributed by atoms with E-state index in [1.165, 1.54) is 10.8 Å². The molecule has 0 unspecified atom stereocenters. The Morgan fingerprint density at radius 1 is 0.843 bits per heavy atom. The predicted octanol–water partition coefficient (Wildman–Crippen LogP) is 7.53. The third-order valence-electron chi connectivity index (χ3n) is 16.4. The number of aliphatic hydroxyl groups excluding tert-OH is 1. The fourth-order valence-electron chi connectivity index (χ4n) is 13.7. The molecule has 380 valence electrons. The van der Waals surface area contributed by atoms with Crippen LogP contribution in [-0.2, 0) is 68.9 Å². The predicted molar refractivity (Wildman–Crippen MR) is 254 cm³/mol. The summed E-state index contributed by atoms with van der Waals surface area (Å²) in [7, 11) is -11.0. The number of esters is 2. The van der Waals surface area contributed by atoms with Crippen molar-refractivity contribution in [2.45, 2.75) is 141 Å². The molecule has 0 aromatic heterocycles. The van der Waals surface area contributed by atoms with E-state index < -0.39 is 105 Å². The van der Waals surface area contributed by atoms with Gasteiger partial charge in [0.25, 0.3) is 0 Å². The molecule has 2 bridgehead atoms. The molecule has 1 heterocycles. The lowest BCUT2D eigenvalue weighted by molar-refractivity contribution is -0.316. The Balaban J connectivity index is 0.959. The van der Waals surface area contributed by atoms with Gasteiger partial charge in [-0.3, -0.25) is 23.5 Å². The molecule has 70 heavy (non-hydrogen) atoms. The van der Waals surface area contributed by atoms with Gasteiger partial charge in [0, 0.05) is 18.3 Å². The number of hydrogen-bond acceptors (Lipinski definition) is 14. The average molecular weight is 1010 g/mol. The number of rotatable bonds is 17. The summed E-state index contributed by atoms with van der Waals surface area (Å²) in [5.74, 6) is -4.24. The van der Waals surface area contributed by atoms with Crippen LogP contribution in [-0.4, -0.2) is 104 Å². The number of ether oxygens (including phenoxy) is 4. The second-order valence-corrected chi connectivity index (χ2v) is 23.2. The molecule has 17 nitrogen and oxygen atoms in total.